The molecule has 3 aliphatic carbocycles. The van der Waals surface area contributed by atoms with E-state index in [0.29, 0.717) is 18.1 Å². The van der Waals surface area contributed by atoms with Gasteiger partial charge in [-0.3, -0.25) is 4.79 Å². The summed E-state index contributed by atoms with van der Waals surface area (Å²) in [7, 11) is 1.81. The molecule has 3 saturated carbocycles. The van der Waals surface area contributed by atoms with Crippen molar-refractivity contribution in [3.05, 3.63) is 11.1 Å². The van der Waals surface area contributed by atoms with Gasteiger partial charge >= 0.3 is 0 Å². The molecule has 0 heterocycles. The number of carbonyl (C=O) groups is 1. The number of aliphatic hydroxyl groups excluding tert-OH is 1. The highest BCUT2D eigenvalue weighted by molar-refractivity contribution is 5.99. The third-order valence-electron chi connectivity index (χ3n) is 7.91. The summed E-state index contributed by atoms with van der Waals surface area (Å²) in [5.41, 5.74) is 1.93. The fourth-order valence-corrected chi connectivity index (χ4v) is 6.28. The van der Waals surface area contributed by atoms with Crippen molar-refractivity contribution in [3.63, 3.8) is 0 Å². The highest BCUT2D eigenvalue weighted by Gasteiger charge is 2.60. The average molecular weight is 335 g/mol. The van der Waals surface area contributed by atoms with Crippen molar-refractivity contribution in [1.29, 1.82) is 0 Å². The molecule has 0 radical (unpaired) electrons. The molecular weight excluding hydrogens is 300 g/mol. The molecule has 3 nitrogen and oxygen atoms in total. The lowest BCUT2D eigenvalue weighted by Crippen LogP contribution is -2.56. The van der Waals surface area contributed by atoms with E-state index in [9.17, 15) is 9.90 Å². The summed E-state index contributed by atoms with van der Waals surface area (Å²) in [6.07, 6.45) is 5.05. The standard InChI is InChI=1S/C21H34O3/c1-13(2)18-14-7-9-20(4)16(12-19(14,3)11-15(18)22)21(5,24-6)10-8-17(20)23/h14,16-17,23H,7-12H2,1-6H3/t14-,16-,17-,19+,20-,21?/m1/s1. The molecule has 3 heteroatoms. The van der Waals surface area contributed by atoms with Crippen molar-refractivity contribution >= 4 is 5.78 Å². The summed E-state index contributed by atoms with van der Waals surface area (Å²) in [5, 5.41) is 10.9. The van der Waals surface area contributed by atoms with Crippen LogP contribution in [-0.2, 0) is 9.53 Å². The van der Waals surface area contributed by atoms with Gasteiger partial charge in [-0.05, 0) is 81.1 Å². The molecule has 3 aliphatic rings. The third kappa shape index (κ3) is 2.42. The summed E-state index contributed by atoms with van der Waals surface area (Å²) in [6.45, 7) is 10.9. The van der Waals surface area contributed by atoms with Crippen molar-refractivity contribution in [2.45, 2.75) is 84.8 Å². The van der Waals surface area contributed by atoms with Crippen LogP contribution < -0.4 is 0 Å². The van der Waals surface area contributed by atoms with E-state index in [4.69, 9.17) is 4.74 Å². The first-order chi connectivity index (χ1) is 11.1. The minimum absolute atomic E-state index is 0.00294. The zero-order valence-electron chi connectivity index (χ0n) is 16.2. The smallest absolute Gasteiger partial charge is 0.159 e. The number of ketones is 1. The highest BCUT2D eigenvalue weighted by Crippen LogP contribution is 2.63. The lowest BCUT2D eigenvalue weighted by molar-refractivity contribution is -0.173. The molecule has 6 atom stereocenters. The second-order valence-corrected chi connectivity index (χ2v) is 9.59. The number of hydrogen-bond acceptors (Lipinski definition) is 3. The summed E-state index contributed by atoms with van der Waals surface area (Å²) in [4.78, 5) is 12.7. The Morgan fingerprint density at radius 1 is 1.17 bits per heavy atom. The molecule has 0 aromatic heterocycles. The predicted octanol–water partition coefficient (Wildman–Crippen LogP) is 4.28. The van der Waals surface area contributed by atoms with Crippen LogP contribution in [0.1, 0.15) is 73.1 Å². The van der Waals surface area contributed by atoms with Gasteiger partial charge in [-0.25, -0.2) is 0 Å². The van der Waals surface area contributed by atoms with Gasteiger partial charge in [0.1, 0.15) is 0 Å². The minimum atomic E-state index is -0.265. The largest absolute Gasteiger partial charge is 0.393 e. The van der Waals surface area contributed by atoms with Gasteiger partial charge in [0.15, 0.2) is 5.78 Å². The Labute approximate surface area is 146 Å². The minimum Gasteiger partial charge on any atom is -0.393 e. The SMILES string of the molecule is COC1(C)CC[C@@H](O)[C@]2(C)CC[C@@H]3C(=C(C)C)C(=O)C[C@@]3(C)C[C@@H]12. The Kier molecular flexibility index (Phi) is 4.28. The number of fused-ring (bicyclic) bond motifs is 2. The Hall–Kier alpha value is -0.670. The number of methoxy groups -OCH3 is 1. The highest BCUT2D eigenvalue weighted by atomic mass is 16.5. The number of aliphatic hydroxyl groups is 1. The van der Waals surface area contributed by atoms with Crippen LogP contribution >= 0.6 is 0 Å². The van der Waals surface area contributed by atoms with E-state index in [1.54, 1.807) is 0 Å². The first-order valence-corrected chi connectivity index (χ1v) is 9.51. The molecule has 0 bridgehead atoms. The van der Waals surface area contributed by atoms with Gasteiger partial charge in [0.25, 0.3) is 0 Å². The van der Waals surface area contributed by atoms with Gasteiger partial charge in [0.2, 0.25) is 0 Å². The molecule has 136 valence electrons. The number of rotatable bonds is 1. The second kappa shape index (κ2) is 5.67. The maximum absolute atomic E-state index is 12.7. The first kappa shape index (κ1) is 18.1. The molecule has 0 aromatic rings. The maximum atomic E-state index is 12.7. The Bertz CT molecular complexity index is 576. The molecule has 0 spiro atoms. The fraction of sp³-hybridized carbons (Fsp3) is 0.857. The van der Waals surface area contributed by atoms with E-state index >= 15 is 0 Å². The number of allylic oxidation sites excluding steroid dienone is 2. The summed E-state index contributed by atoms with van der Waals surface area (Å²) in [5.74, 6) is 0.977. The number of hydrogen-bond donors (Lipinski definition) is 1. The molecule has 0 saturated heterocycles. The molecule has 0 aromatic carbocycles. The monoisotopic (exact) mass is 334 g/mol. The molecular formula is C21H34O3. The predicted molar refractivity (Wildman–Crippen MR) is 95.7 cm³/mol. The maximum Gasteiger partial charge on any atom is 0.159 e. The lowest BCUT2D eigenvalue weighted by atomic mass is 9.55. The first-order valence-electron chi connectivity index (χ1n) is 9.51. The van der Waals surface area contributed by atoms with Crippen LogP contribution in [-0.4, -0.2) is 29.7 Å². The zero-order valence-corrected chi connectivity index (χ0v) is 16.2. The Balaban J connectivity index is 2.07. The van der Waals surface area contributed by atoms with Crippen molar-refractivity contribution in [1.82, 2.24) is 0 Å². The molecule has 3 rings (SSSR count). The van der Waals surface area contributed by atoms with Crippen LogP contribution in [0.4, 0.5) is 0 Å². The molecule has 3 fully saturated rings. The molecule has 24 heavy (non-hydrogen) atoms. The summed E-state index contributed by atoms with van der Waals surface area (Å²) < 4.78 is 6.00. The van der Waals surface area contributed by atoms with Crippen LogP contribution in [0.5, 0.6) is 0 Å². The normalized spacial score (nSPS) is 48.7. The summed E-state index contributed by atoms with van der Waals surface area (Å²) >= 11 is 0. The molecule has 0 aliphatic heterocycles. The van der Waals surface area contributed by atoms with Crippen LogP contribution in [0, 0.1) is 22.7 Å². The van der Waals surface area contributed by atoms with E-state index < -0.39 is 0 Å². The number of ether oxygens (including phenoxy) is 1. The van der Waals surface area contributed by atoms with Crippen LogP contribution in [0.3, 0.4) is 0 Å². The van der Waals surface area contributed by atoms with Crippen molar-refractivity contribution < 1.29 is 14.6 Å². The van der Waals surface area contributed by atoms with Gasteiger partial charge in [-0.15, -0.1) is 0 Å². The lowest BCUT2D eigenvalue weighted by Gasteiger charge is -2.54. The van der Waals surface area contributed by atoms with Crippen molar-refractivity contribution in [2.75, 3.05) is 7.11 Å². The van der Waals surface area contributed by atoms with Gasteiger partial charge in [0.05, 0.1) is 11.7 Å². The average Bonchev–Trinajstić information content (AvgIpc) is 2.69. The van der Waals surface area contributed by atoms with E-state index in [1.807, 2.05) is 7.11 Å². The van der Waals surface area contributed by atoms with E-state index in [1.165, 1.54) is 5.57 Å². The van der Waals surface area contributed by atoms with Crippen LogP contribution in [0.15, 0.2) is 11.1 Å². The van der Waals surface area contributed by atoms with E-state index in [2.05, 4.69) is 34.6 Å². The number of carbonyl (C=O) groups excluding carboxylic acids is 1. The van der Waals surface area contributed by atoms with Gasteiger partial charge < -0.3 is 9.84 Å². The third-order valence-corrected chi connectivity index (χ3v) is 7.91. The van der Waals surface area contributed by atoms with Gasteiger partial charge in [0, 0.05) is 13.5 Å². The zero-order chi connectivity index (χ0) is 17.9. The van der Waals surface area contributed by atoms with Crippen LogP contribution in [0.2, 0.25) is 0 Å². The van der Waals surface area contributed by atoms with Crippen molar-refractivity contribution in [3.8, 4) is 0 Å². The fourth-order valence-electron chi connectivity index (χ4n) is 6.28. The molecule has 0 amide bonds. The van der Waals surface area contributed by atoms with E-state index in [0.717, 1.165) is 37.7 Å². The van der Waals surface area contributed by atoms with Gasteiger partial charge in [-0.1, -0.05) is 19.4 Å². The Morgan fingerprint density at radius 2 is 1.83 bits per heavy atom. The Morgan fingerprint density at radius 3 is 2.42 bits per heavy atom. The molecule has 1 unspecified atom stereocenters. The quantitative estimate of drug-likeness (QED) is 0.728. The van der Waals surface area contributed by atoms with Crippen LogP contribution in [0.25, 0.3) is 0 Å². The topological polar surface area (TPSA) is 46.5 Å². The molecule has 1 N–H and O–H groups in total. The van der Waals surface area contributed by atoms with E-state index in [-0.39, 0.29) is 28.5 Å². The van der Waals surface area contributed by atoms with Crippen molar-refractivity contribution in [2.24, 2.45) is 22.7 Å². The van der Waals surface area contributed by atoms with Gasteiger partial charge in [-0.2, -0.15) is 0 Å². The second-order valence-electron chi connectivity index (χ2n) is 9.59. The summed E-state index contributed by atoms with van der Waals surface area (Å²) in [6, 6.07) is 0. The number of Topliss-reactive ketones (excluding diaryl/α,β-unsaturated/α-hetero) is 1.